The summed E-state index contributed by atoms with van der Waals surface area (Å²) in [5.41, 5.74) is 0. The zero-order valence-corrected chi connectivity index (χ0v) is 11.1. The summed E-state index contributed by atoms with van der Waals surface area (Å²) in [5, 5.41) is 0. The lowest BCUT2D eigenvalue weighted by Crippen LogP contribution is -2.43. The Labute approximate surface area is 94.7 Å². The van der Waals surface area contributed by atoms with Crippen molar-refractivity contribution in [1.82, 2.24) is 4.90 Å². The van der Waals surface area contributed by atoms with Crippen molar-refractivity contribution in [2.45, 2.75) is 59.9 Å². The van der Waals surface area contributed by atoms with E-state index in [9.17, 15) is 0 Å². The van der Waals surface area contributed by atoms with Gasteiger partial charge in [0.2, 0.25) is 0 Å². The van der Waals surface area contributed by atoms with Gasteiger partial charge in [0.25, 0.3) is 0 Å². The fourth-order valence-electron chi connectivity index (χ4n) is 1.72. The minimum Gasteiger partial charge on any atom is -0.352 e. The van der Waals surface area contributed by atoms with E-state index < -0.39 is 0 Å². The highest BCUT2D eigenvalue weighted by Gasteiger charge is 2.19. The first-order valence-corrected chi connectivity index (χ1v) is 6.01. The van der Waals surface area contributed by atoms with Gasteiger partial charge in [0.15, 0.2) is 6.29 Å². The Morgan fingerprint density at radius 1 is 0.867 bits per heavy atom. The van der Waals surface area contributed by atoms with E-state index in [4.69, 9.17) is 9.47 Å². The van der Waals surface area contributed by atoms with Crippen LogP contribution in [0.2, 0.25) is 0 Å². The molecule has 0 atom stereocenters. The Hall–Kier alpha value is -0.120. The largest absolute Gasteiger partial charge is 0.352 e. The first-order chi connectivity index (χ1) is 7.02. The van der Waals surface area contributed by atoms with Gasteiger partial charge in [-0.05, 0) is 41.5 Å². The Morgan fingerprint density at radius 2 is 1.27 bits per heavy atom. The van der Waals surface area contributed by atoms with E-state index in [-0.39, 0.29) is 6.29 Å². The molecule has 0 aliphatic carbocycles. The standard InChI is InChI=1S/C12H27NO2/c1-7-14-12(15-8-2)9-13(10(3)4)11(5)6/h10-12H,7-9H2,1-6H3. The number of hydrogen-bond donors (Lipinski definition) is 0. The molecule has 0 saturated carbocycles. The minimum absolute atomic E-state index is 0.0928. The number of nitrogens with zero attached hydrogens (tertiary/aromatic N) is 1. The van der Waals surface area contributed by atoms with E-state index in [1.54, 1.807) is 0 Å². The lowest BCUT2D eigenvalue weighted by atomic mass is 10.2. The fraction of sp³-hybridized carbons (Fsp3) is 1.00. The van der Waals surface area contributed by atoms with E-state index in [1.165, 1.54) is 0 Å². The maximum Gasteiger partial charge on any atom is 0.170 e. The SMILES string of the molecule is CCOC(CN(C(C)C)C(C)C)OCC. The molecule has 0 bridgehead atoms. The van der Waals surface area contributed by atoms with Crippen LogP contribution in [0.5, 0.6) is 0 Å². The molecule has 0 aromatic carbocycles. The quantitative estimate of drug-likeness (QED) is 0.583. The first kappa shape index (κ1) is 14.9. The Bertz CT molecular complexity index is 135. The molecular formula is C12H27NO2. The smallest absolute Gasteiger partial charge is 0.170 e. The summed E-state index contributed by atoms with van der Waals surface area (Å²) in [5.74, 6) is 0. The maximum absolute atomic E-state index is 5.55. The third-order valence-corrected chi connectivity index (χ3v) is 2.39. The van der Waals surface area contributed by atoms with Gasteiger partial charge in [0.1, 0.15) is 0 Å². The van der Waals surface area contributed by atoms with Gasteiger partial charge in [-0.15, -0.1) is 0 Å². The van der Waals surface area contributed by atoms with E-state index >= 15 is 0 Å². The van der Waals surface area contributed by atoms with Crippen LogP contribution in [0.4, 0.5) is 0 Å². The van der Waals surface area contributed by atoms with Gasteiger partial charge in [0, 0.05) is 25.3 Å². The van der Waals surface area contributed by atoms with E-state index in [2.05, 4.69) is 32.6 Å². The average molecular weight is 217 g/mol. The fourth-order valence-corrected chi connectivity index (χ4v) is 1.72. The molecule has 0 fully saturated rings. The van der Waals surface area contributed by atoms with Crippen LogP contribution in [-0.4, -0.2) is 43.0 Å². The molecular weight excluding hydrogens is 190 g/mol. The molecule has 0 aromatic rings. The summed E-state index contributed by atoms with van der Waals surface area (Å²) in [6.07, 6.45) is -0.0928. The van der Waals surface area contributed by atoms with Crippen molar-refractivity contribution in [3.8, 4) is 0 Å². The van der Waals surface area contributed by atoms with Crippen molar-refractivity contribution >= 4 is 0 Å². The molecule has 0 aliphatic heterocycles. The minimum atomic E-state index is -0.0928. The predicted octanol–water partition coefficient (Wildman–Crippen LogP) is 2.50. The highest BCUT2D eigenvalue weighted by molar-refractivity contribution is 4.68. The van der Waals surface area contributed by atoms with Crippen molar-refractivity contribution in [1.29, 1.82) is 0 Å². The van der Waals surface area contributed by atoms with Gasteiger partial charge >= 0.3 is 0 Å². The number of ether oxygens (including phenoxy) is 2. The van der Waals surface area contributed by atoms with Crippen LogP contribution >= 0.6 is 0 Å². The highest BCUT2D eigenvalue weighted by atomic mass is 16.7. The van der Waals surface area contributed by atoms with Crippen LogP contribution < -0.4 is 0 Å². The van der Waals surface area contributed by atoms with Crippen molar-refractivity contribution < 1.29 is 9.47 Å². The Morgan fingerprint density at radius 3 is 1.53 bits per heavy atom. The topological polar surface area (TPSA) is 21.7 Å². The molecule has 15 heavy (non-hydrogen) atoms. The molecule has 0 amide bonds. The van der Waals surface area contributed by atoms with Crippen LogP contribution in [0, 0.1) is 0 Å². The Kier molecular flexibility index (Phi) is 8.02. The van der Waals surface area contributed by atoms with Crippen molar-refractivity contribution in [2.24, 2.45) is 0 Å². The van der Waals surface area contributed by atoms with Crippen molar-refractivity contribution in [3.63, 3.8) is 0 Å². The van der Waals surface area contributed by atoms with Crippen LogP contribution in [0.3, 0.4) is 0 Å². The lowest BCUT2D eigenvalue weighted by Gasteiger charge is -2.33. The summed E-state index contributed by atoms with van der Waals surface area (Å²) in [4.78, 5) is 2.38. The van der Waals surface area contributed by atoms with Gasteiger partial charge < -0.3 is 9.47 Å². The first-order valence-electron chi connectivity index (χ1n) is 6.01. The molecule has 0 unspecified atom stereocenters. The molecule has 0 N–H and O–H groups in total. The third kappa shape index (κ3) is 6.13. The third-order valence-electron chi connectivity index (χ3n) is 2.39. The predicted molar refractivity (Wildman–Crippen MR) is 64.0 cm³/mol. The van der Waals surface area contributed by atoms with E-state index in [0.717, 1.165) is 6.54 Å². The Balaban J connectivity index is 4.19. The highest BCUT2D eigenvalue weighted by Crippen LogP contribution is 2.08. The monoisotopic (exact) mass is 217 g/mol. The molecule has 0 heterocycles. The zero-order valence-electron chi connectivity index (χ0n) is 11.1. The molecule has 0 rings (SSSR count). The summed E-state index contributed by atoms with van der Waals surface area (Å²) < 4.78 is 11.1. The molecule has 0 aliphatic rings. The summed E-state index contributed by atoms with van der Waals surface area (Å²) in [6.45, 7) is 15.1. The molecule has 0 saturated heterocycles. The van der Waals surface area contributed by atoms with Gasteiger partial charge in [-0.2, -0.15) is 0 Å². The summed E-state index contributed by atoms with van der Waals surface area (Å²) in [6, 6.07) is 1.04. The second-order valence-electron chi connectivity index (χ2n) is 4.22. The van der Waals surface area contributed by atoms with Crippen LogP contribution in [0.25, 0.3) is 0 Å². The summed E-state index contributed by atoms with van der Waals surface area (Å²) >= 11 is 0. The van der Waals surface area contributed by atoms with Crippen LogP contribution in [0.15, 0.2) is 0 Å². The van der Waals surface area contributed by atoms with Crippen LogP contribution in [-0.2, 0) is 9.47 Å². The second kappa shape index (κ2) is 8.08. The molecule has 0 radical (unpaired) electrons. The van der Waals surface area contributed by atoms with Gasteiger partial charge in [0.05, 0.1) is 6.54 Å². The van der Waals surface area contributed by atoms with Crippen molar-refractivity contribution in [2.75, 3.05) is 19.8 Å². The molecule has 0 aromatic heterocycles. The van der Waals surface area contributed by atoms with Gasteiger partial charge in [-0.25, -0.2) is 0 Å². The maximum atomic E-state index is 5.55. The molecule has 0 spiro atoms. The van der Waals surface area contributed by atoms with Gasteiger partial charge in [-0.1, -0.05) is 0 Å². The molecule has 92 valence electrons. The number of rotatable bonds is 8. The second-order valence-corrected chi connectivity index (χ2v) is 4.22. The van der Waals surface area contributed by atoms with Crippen molar-refractivity contribution in [3.05, 3.63) is 0 Å². The zero-order chi connectivity index (χ0) is 11.8. The van der Waals surface area contributed by atoms with E-state index in [0.29, 0.717) is 25.3 Å². The molecule has 3 nitrogen and oxygen atoms in total. The van der Waals surface area contributed by atoms with E-state index in [1.807, 2.05) is 13.8 Å². The normalized spacial score (nSPS) is 12.4. The lowest BCUT2D eigenvalue weighted by molar-refractivity contribution is -0.152. The van der Waals surface area contributed by atoms with Gasteiger partial charge in [-0.3, -0.25) is 4.90 Å². The summed E-state index contributed by atoms with van der Waals surface area (Å²) in [7, 11) is 0. The average Bonchev–Trinajstić information content (AvgIpc) is 2.13. The van der Waals surface area contributed by atoms with Crippen LogP contribution in [0.1, 0.15) is 41.5 Å². The number of hydrogen-bond acceptors (Lipinski definition) is 3. The molecule has 3 heteroatoms.